The summed E-state index contributed by atoms with van der Waals surface area (Å²) in [5.41, 5.74) is 4.38. The second-order valence-electron chi connectivity index (χ2n) is 7.09. The van der Waals surface area contributed by atoms with E-state index in [1.54, 1.807) is 19.5 Å². The topological polar surface area (TPSA) is 68.1 Å². The van der Waals surface area contributed by atoms with Crippen LogP contribution < -0.4 is 10.1 Å². The monoisotopic (exact) mass is 352 g/mol. The van der Waals surface area contributed by atoms with Crippen molar-refractivity contribution < 1.29 is 4.74 Å². The summed E-state index contributed by atoms with van der Waals surface area (Å²) in [6, 6.07) is 4.52. The zero-order chi connectivity index (χ0) is 18.3. The number of methoxy groups -OCH3 is 1. The lowest BCUT2D eigenvalue weighted by Gasteiger charge is -2.26. The molecule has 3 heterocycles. The predicted molar refractivity (Wildman–Crippen MR) is 102 cm³/mol. The molecular weight excluding hydrogens is 328 g/mol. The van der Waals surface area contributed by atoms with E-state index in [0.29, 0.717) is 5.95 Å². The second kappa shape index (κ2) is 6.57. The molecule has 1 aliphatic rings. The highest BCUT2D eigenvalue weighted by Gasteiger charge is 2.17. The number of rotatable bonds is 4. The molecule has 0 aliphatic carbocycles. The first kappa shape index (κ1) is 16.8. The second-order valence-corrected chi connectivity index (χ2v) is 7.09. The average molecular weight is 352 g/mol. The standard InChI is InChI=1S/C19H24N6O/c1-12(2)25-18-15(10-21-25)9-20-19(23-18)22-16-7-14-11-24(3)6-5-13(14)8-17(16)26-4/h7-10,12H,5-6,11H2,1-4H3,(H,20,22,23). The first-order valence-electron chi connectivity index (χ1n) is 8.90. The Hall–Kier alpha value is -2.67. The van der Waals surface area contributed by atoms with Gasteiger partial charge >= 0.3 is 0 Å². The smallest absolute Gasteiger partial charge is 0.229 e. The first-order chi connectivity index (χ1) is 12.5. The number of hydrogen-bond acceptors (Lipinski definition) is 6. The lowest BCUT2D eigenvalue weighted by atomic mass is 9.99. The molecule has 7 heteroatoms. The molecule has 0 bridgehead atoms. The van der Waals surface area contributed by atoms with Crippen LogP contribution in [0.1, 0.15) is 31.0 Å². The lowest BCUT2D eigenvalue weighted by molar-refractivity contribution is 0.312. The highest BCUT2D eigenvalue weighted by Crippen LogP contribution is 2.33. The van der Waals surface area contributed by atoms with Gasteiger partial charge in [-0.15, -0.1) is 0 Å². The van der Waals surface area contributed by atoms with E-state index in [9.17, 15) is 0 Å². The predicted octanol–water partition coefficient (Wildman–Crippen LogP) is 3.15. The van der Waals surface area contributed by atoms with Crippen LogP contribution in [0.15, 0.2) is 24.5 Å². The third kappa shape index (κ3) is 2.99. The molecule has 0 saturated heterocycles. The van der Waals surface area contributed by atoms with E-state index in [0.717, 1.165) is 42.0 Å². The molecule has 0 unspecified atom stereocenters. The van der Waals surface area contributed by atoms with Crippen LogP contribution in [0, 0.1) is 0 Å². The lowest BCUT2D eigenvalue weighted by Crippen LogP contribution is -2.26. The SMILES string of the molecule is COc1cc2c(cc1Nc1ncc3cnn(C(C)C)c3n1)CN(C)CC2. The summed E-state index contributed by atoms with van der Waals surface area (Å²) in [6.07, 6.45) is 4.64. The van der Waals surface area contributed by atoms with Crippen LogP contribution in [-0.2, 0) is 13.0 Å². The number of anilines is 2. The van der Waals surface area contributed by atoms with E-state index in [-0.39, 0.29) is 6.04 Å². The minimum absolute atomic E-state index is 0.240. The van der Waals surface area contributed by atoms with Crippen molar-refractivity contribution in [3.05, 3.63) is 35.7 Å². The third-order valence-electron chi connectivity index (χ3n) is 4.79. The molecule has 0 saturated carbocycles. The molecule has 2 aromatic heterocycles. The van der Waals surface area contributed by atoms with Crippen LogP contribution in [0.5, 0.6) is 5.75 Å². The fourth-order valence-corrected chi connectivity index (χ4v) is 3.39. The molecule has 0 atom stereocenters. The van der Waals surface area contributed by atoms with E-state index in [1.165, 1.54) is 11.1 Å². The quantitative estimate of drug-likeness (QED) is 0.778. The van der Waals surface area contributed by atoms with Gasteiger partial charge in [0.05, 0.1) is 24.4 Å². The van der Waals surface area contributed by atoms with Gasteiger partial charge in [0.25, 0.3) is 0 Å². The van der Waals surface area contributed by atoms with Crippen molar-refractivity contribution in [2.45, 2.75) is 32.9 Å². The van der Waals surface area contributed by atoms with E-state index >= 15 is 0 Å². The van der Waals surface area contributed by atoms with Crippen molar-refractivity contribution >= 4 is 22.7 Å². The maximum Gasteiger partial charge on any atom is 0.229 e. The molecule has 136 valence electrons. The number of nitrogens with one attached hydrogen (secondary N) is 1. The molecule has 3 aromatic rings. The van der Waals surface area contributed by atoms with E-state index in [2.05, 4.69) is 58.3 Å². The van der Waals surface area contributed by atoms with Gasteiger partial charge in [0.1, 0.15) is 5.75 Å². The van der Waals surface area contributed by atoms with Crippen LogP contribution in [0.2, 0.25) is 0 Å². The minimum Gasteiger partial charge on any atom is -0.495 e. The Kier molecular flexibility index (Phi) is 4.24. The summed E-state index contributed by atoms with van der Waals surface area (Å²) in [6.45, 7) is 6.19. The van der Waals surface area contributed by atoms with Crippen molar-refractivity contribution in [3.8, 4) is 5.75 Å². The minimum atomic E-state index is 0.240. The molecule has 26 heavy (non-hydrogen) atoms. The van der Waals surface area contributed by atoms with Gasteiger partial charge in [0.15, 0.2) is 5.65 Å². The molecule has 1 N–H and O–H groups in total. The molecule has 0 spiro atoms. The number of ether oxygens (including phenoxy) is 1. The van der Waals surface area contributed by atoms with Crippen LogP contribution in [0.3, 0.4) is 0 Å². The fraction of sp³-hybridized carbons (Fsp3) is 0.421. The molecule has 0 radical (unpaired) electrons. The Morgan fingerprint density at radius 2 is 2.04 bits per heavy atom. The maximum atomic E-state index is 5.60. The van der Waals surface area contributed by atoms with E-state index < -0.39 is 0 Å². The van der Waals surface area contributed by atoms with Gasteiger partial charge < -0.3 is 15.0 Å². The number of hydrogen-bond donors (Lipinski definition) is 1. The molecule has 1 aliphatic heterocycles. The molecule has 7 nitrogen and oxygen atoms in total. The normalized spacial score (nSPS) is 14.7. The van der Waals surface area contributed by atoms with E-state index in [1.807, 2.05) is 4.68 Å². The molecule has 1 aromatic carbocycles. The summed E-state index contributed by atoms with van der Waals surface area (Å²) >= 11 is 0. The number of likely N-dealkylation sites (N-methyl/N-ethyl adjacent to an activating group) is 1. The van der Waals surface area contributed by atoms with Gasteiger partial charge in [-0.25, -0.2) is 9.67 Å². The average Bonchev–Trinajstić information content (AvgIpc) is 3.04. The van der Waals surface area contributed by atoms with Gasteiger partial charge in [-0.1, -0.05) is 0 Å². The van der Waals surface area contributed by atoms with Crippen molar-refractivity contribution in [2.75, 3.05) is 26.0 Å². The third-order valence-corrected chi connectivity index (χ3v) is 4.79. The molecule has 0 fully saturated rings. The fourth-order valence-electron chi connectivity index (χ4n) is 3.39. The highest BCUT2D eigenvalue weighted by molar-refractivity contribution is 5.76. The molecule has 0 amide bonds. The summed E-state index contributed by atoms with van der Waals surface area (Å²) in [4.78, 5) is 11.4. The van der Waals surface area contributed by atoms with Crippen molar-refractivity contribution in [2.24, 2.45) is 0 Å². The Morgan fingerprint density at radius 1 is 1.19 bits per heavy atom. The van der Waals surface area contributed by atoms with Gasteiger partial charge in [-0.3, -0.25) is 0 Å². The summed E-state index contributed by atoms with van der Waals surface area (Å²) in [7, 11) is 3.84. The van der Waals surface area contributed by atoms with Crippen molar-refractivity contribution in [1.82, 2.24) is 24.6 Å². The number of aromatic nitrogens is 4. The van der Waals surface area contributed by atoms with Gasteiger partial charge in [-0.05, 0) is 50.6 Å². The Balaban J connectivity index is 1.71. The Bertz CT molecular complexity index is 949. The number of nitrogens with zero attached hydrogens (tertiary/aromatic N) is 5. The summed E-state index contributed by atoms with van der Waals surface area (Å²) in [5, 5.41) is 8.66. The van der Waals surface area contributed by atoms with Crippen LogP contribution in [0.25, 0.3) is 11.0 Å². The molecular formula is C19H24N6O. The number of fused-ring (bicyclic) bond motifs is 2. The maximum absolute atomic E-state index is 5.60. The van der Waals surface area contributed by atoms with Crippen LogP contribution in [-0.4, -0.2) is 45.4 Å². The van der Waals surface area contributed by atoms with Gasteiger partial charge in [0.2, 0.25) is 5.95 Å². The van der Waals surface area contributed by atoms with Gasteiger partial charge in [-0.2, -0.15) is 10.1 Å². The Morgan fingerprint density at radius 3 is 2.81 bits per heavy atom. The van der Waals surface area contributed by atoms with Crippen molar-refractivity contribution in [1.29, 1.82) is 0 Å². The molecule has 4 rings (SSSR count). The summed E-state index contributed by atoms with van der Waals surface area (Å²) < 4.78 is 7.50. The zero-order valence-corrected chi connectivity index (χ0v) is 15.7. The largest absolute Gasteiger partial charge is 0.495 e. The highest BCUT2D eigenvalue weighted by atomic mass is 16.5. The zero-order valence-electron chi connectivity index (χ0n) is 15.7. The van der Waals surface area contributed by atoms with E-state index in [4.69, 9.17) is 4.74 Å². The van der Waals surface area contributed by atoms with Crippen LogP contribution >= 0.6 is 0 Å². The first-order valence-corrected chi connectivity index (χ1v) is 8.90. The Labute approximate surface area is 153 Å². The van der Waals surface area contributed by atoms with Crippen molar-refractivity contribution in [3.63, 3.8) is 0 Å². The van der Waals surface area contributed by atoms with Gasteiger partial charge in [0, 0.05) is 25.3 Å². The van der Waals surface area contributed by atoms with Crippen LogP contribution in [0.4, 0.5) is 11.6 Å². The summed E-state index contributed by atoms with van der Waals surface area (Å²) in [5.74, 6) is 1.36. The number of benzene rings is 1.